The summed E-state index contributed by atoms with van der Waals surface area (Å²) in [4.78, 5) is 24.8. The number of nitrogens with one attached hydrogen (secondary N) is 1. The molecule has 21 heavy (non-hydrogen) atoms. The zero-order valence-corrected chi connectivity index (χ0v) is 11.9. The number of rotatable bonds is 7. The molecule has 1 saturated heterocycles. The fourth-order valence-electron chi connectivity index (χ4n) is 2.08. The molecule has 0 aliphatic carbocycles. The van der Waals surface area contributed by atoms with Gasteiger partial charge in [0.2, 0.25) is 0 Å². The number of amides is 1. The molecule has 0 saturated carbocycles. The lowest BCUT2D eigenvalue weighted by molar-refractivity contribution is -0.123. The highest BCUT2D eigenvalue weighted by molar-refractivity contribution is 5.80. The standard InChI is InChI=1S/C15H20N2O4/c18-11-13-3-1-2-4-14(13)21-12-15(19)16-5-6-17-7-9-20-10-8-17/h1-4,11H,5-10,12H2,(H,16,19). The van der Waals surface area contributed by atoms with E-state index in [2.05, 4.69) is 10.2 Å². The molecular weight excluding hydrogens is 272 g/mol. The summed E-state index contributed by atoms with van der Waals surface area (Å²) in [5.74, 6) is 0.236. The Hall–Kier alpha value is -1.92. The Morgan fingerprint density at radius 2 is 2.10 bits per heavy atom. The quantitative estimate of drug-likeness (QED) is 0.733. The maximum Gasteiger partial charge on any atom is 0.257 e. The molecule has 1 amide bonds. The smallest absolute Gasteiger partial charge is 0.257 e. The number of aldehydes is 1. The first kappa shape index (κ1) is 15.5. The Balaban J connectivity index is 1.66. The number of nitrogens with zero attached hydrogens (tertiary/aromatic N) is 1. The highest BCUT2D eigenvalue weighted by Crippen LogP contribution is 2.15. The van der Waals surface area contributed by atoms with Crippen LogP contribution in [0.4, 0.5) is 0 Å². The minimum atomic E-state index is -0.191. The minimum absolute atomic E-state index is 0.0893. The van der Waals surface area contributed by atoms with Gasteiger partial charge in [-0.05, 0) is 12.1 Å². The number of ether oxygens (including phenoxy) is 2. The van der Waals surface area contributed by atoms with Crippen molar-refractivity contribution >= 4 is 12.2 Å². The molecule has 114 valence electrons. The zero-order valence-electron chi connectivity index (χ0n) is 11.9. The van der Waals surface area contributed by atoms with Crippen LogP contribution in [0.15, 0.2) is 24.3 Å². The largest absolute Gasteiger partial charge is 0.483 e. The normalized spacial score (nSPS) is 15.4. The van der Waals surface area contributed by atoms with Gasteiger partial charge in [0.1, 0.15) is 5.75 Å². The van der Waals surface area contributed by atoms with Gasteiger partial charge in [0.25, 0.3) is 5.91 Å². The second kappa shape index (κ2) is 8.39. The van der Waals surface area contributed by atoms with E-state index in [4.69, 9.17) is 9.47 Å². The molecule has 2 rings (SSSR count). The zero-order chi connectivity index (χ0) is 14.9. The van der Waals surface area contributed by atoms with Gasteiger partial charge in [-0.25, -0.2) is 0 Å². The molecule has 1 aromatic rings. The van der Waals surface area contributed by atoms with Crippen LogP contribution in [0.3, 0.4) is 0 Å². The van der Waals surface area contributed by atoms with Gasteiger partial charge >= 0.3 is 0 Å². The summed E-state index contributed by atoms with van der Waals surface area (Å²) in [5, 5.41) is 2.80. The van der Waals surface area contributed by atoms with Crippen LogP contribution in [-0.2, 0) is 9.53 Å². The van der Waals surface area contributed by atoms with Gasteiger partial charge in [-0.2, -0.15) is 0 Å². The summed E-state index contributed by atoms with van der Waals surface area (Å²) in [7, 11) is 0. The summed E-state index contributed by atoms with van der Waals surface area (Å²) in [6.07, 6.45) is 0.714. The minimum Gasteiger partial charge on any atom is -0.483 e. The Kier molecular flexibility index (Phi) is 6.18. The van der Waals surface area contributed by atoms with Crippen molar-refractivity contribution in [3.05, 3.63) is 29.8 Å². The lowest BCUT2D eigenvalue weighted by Crippen LogP contribution is -2.42. The average Bonchev–Trinajstić information content (AvgIpc) is 2.54. The number of benzene rings is 1. The molecule has 1 aliphatic heterocycles. The maximum atomic E-state index is 11.7. The lowest BCUT2D eigenvalue weighted by Gasteiger charge is -2.26. The van der Waals surface area contributed by atoms with Crippen LogP contribution < -0.4 is 10.1 Å². The predicted molar refractivity (Wildman–Crippen MR) is 77.6 cm³/mol. The molecule has 1 heterocycles. The van der Waals surface area contributed by atoms with Crippen LogP contribution >= 0.6 is 0 Å². The highest BCUT2D eigenvalue weighted by atomic mass is 16.5. The second-order valence-corrected chi connectivity index (χ2v) is 4.75. The molecule has 6 heteroatoms. The summed E-state index contributed by atoms with van der Waals surface area (Å²) in [5.41, 5.74) is 0.443. The number of carbonyl (C=O) groups is 2. The maximum absolute atomic E-state index is 11.7. The van der Waals surface area contributed by atoms with Crippen LogP contribution in [0.5, 0.6) is 5.75 Å². The van der Waals surface area contributed by atoms with Crippen LogP contribution in [-0.4, -0.2) is 63.1 Å². The fourth-order valence-corrected chi connectivity index (χ4v) is 2.08. The summed E-state index contributed by atoms with van der Waals surface area (Å²) in [6, 6.07) is 6.83. The third-order valence-corrected chi connectivity index (χ3v) is 3.26. The van der Waals surface area contributed by atoms with E-state index in [1.807, 2.05) is 0 Å². The Labute approximate surface area is 124 Å². The van der Waals surface area contributed by atoms with Gasteiger partial charge in [0.05, 0.1) is 18.8 Å². The van der Waals surface area contributed by atoms with Crippen LogP contribution in [0.2, 0.25) is 0 Å². The molecular formula is C15H20N2O4. The Morgan fingerprint density at radius 3 is 2.86 bits per heavy atom. The van der Waals surface area contributed by atoms with Gasteiger partial charge in [-0.15, -0.1) is 0 Å². The van der Waals surface area contributed by atoms with Crippen molar-refractivity contribution in [1.29, 1.82) is 0 Å². The molecule has 1 N–H and O–H groups in total. The van der Waals surface area contributed by atoms with Gasteiger partial charge in [0.15, 0.2) is 12.9 Å². The number of hydrogen-bond donors (Lipinski definition) is 1. The van der Waals surface area contributed by atoms with E-state index in [9.17, 15) is 9.59 Å². The van der Waals surface area contributed by atoms with Crippen LogP contribution in [0, 0.1) is 0 Å². The van der Waals surface area contributed by atoms with E-state index < -0.39 is 0 Å². The van der Waals surface area contributed by atoms with Crippen LogP contribution in [0.25, 0.3) is 0 Å². The van der Waals surface area contributed by atoms with Gasteiger partial charge in [-0.1, -0.05) is 12.1 Å². The Morgan fingerprint density at radius 1 is 1.33 bits per heavy atom. The molecule has 1 aromatic carbocycles. The molecule has 0 unspecified atom stereocenters. The van der Waals surface area contributed by atoms with E-state index in [1.54, 1.807) is 24.3 Å². The van der Waals surface area contributed by atoms with Gasteiger partial charge < -0.3 is 14.8 Å². The molecule has 6 nitrogen and oxygen atoms in total. The fraction of sp³-hybridized carbons (Fsp3) is 0.467. The van der Waals surface area contributed by atoms with E-state index in [0.29, 0.717) is 24.1 Å². The number of morpholine rings is 1. The predicted octanol–water partition coefficient (Wildman–Crippen LogP) is 0.326. The van der Waals surface area contributed by atoms with Crippen LogP contribution in [0.1, 0.15) is 10.4 Å². The summed E-state index contributed by atoms with van der Waals surface area (Å²) < 4.78 is 10.6. The SMILES string of the molecule is O=Cc1ccccc1OCC(=O)NCCN1CCOCC1. The second-order valence-electron chi connectivity index (χ2n) is 4.75. The van der Waals surface area contributed by atoms with E-state index in [1.165, 1.54) is 0 Å². The molecule has 0 aromatic heterocycles. The van der Waals surface area contributed by atoms with Crippen molar-refractivity contribution in [3.63, 3.8) is 0 Å². The molecule has 0 spiro atoms. The van der Waals surface area contributed by atoms with Gasteiger partial charge in [-0.3, -0.25) is 14.5 Å². The molecule has 1 aliphatic rings. The first-order chi connectivity index (χ1) is 10.3. The third kappa shape index (κ3) is 5.17. The first-order valence-electron chi connectivity index (χ1n) is 7.03. The third-order valence-electron chi connectivity index (χ3n) is 3.26. The molecule has 0 bridgehead atoms. The van der Waals surface area contributed by atoms with E-state index >= 15 is 0 Å². The van der Waals surface area contributed by atoms with Gasteiger partial charge in [0, 0.05) is 26.2 Å². The van der Waals surface area contributed by atoms with Crippen molar-refractivity contribution in [3.8, 4) is 5.75 Å². The summed E-state index contributed by atoms with van der Waals surface area (Å²) in [6.45, 7) is 4.60. The monoisotopic (exact) mass is 292 g/mol. The highest BCUT2D eigenvalue weighted by Gasteiger charge is 2.10. The first-order valence-corrected chi connectivity index (χ1v) is 7.03. The Bertz CT molecular complexity index is 472. The average molecular weight is 292 g/mol. The topological polar surface area (TPSA) is 67.9 Å². The van der Waals surface area contributed by atoms with E-state index in [-0.39, 0.29) is 12.5 Å². The molecule has 0 atom stereocenters. The van der Waals surface area contributed by atoms with Crippen molar-refractivity contribution in [2.75, 3.05) is 46.0 Å². The number of hydrogen-bond acceptors (Lipinski definition) is 5. The number of carbonyl (C=O) groups excluding carboxylic acids is 2. The summed E-state index contributed by atoms with van der Waals surface area (Å²) >= 11 is 0. The van der Waals surface area contributed by atoms with Crippen molar-refractivity contribution in [1.82, 2.24) is 10.2 Å². The van der Waals surface area contributed by atoms with E-state index in [0.717, 1.165) is 32.8 Å². The van der Waals surface area contributed by atoms with Crippen molar-refractivity contribution < 1.29 is 19.1 Å². The van der Waals surface area contributed by atoms with Crippen molar-refractivity contribution in [2.45, 2.75) is 0 Å². The lowest BCUT2D eigenvalue weighted by atomic mass is 10.2. The number of para-hydroxylation sites is 1. The molecule has 1 fully saturated rings. The molecule has 0 radical (unpaired) electrons. The van der Waals surface area contributed by atoms with Crippen molar-refractivity contribution in [2.24, 2.45) is 0 Å².